The number of carbonyl (C=O) groups excluding carboxylic acids is 2. The molecule has 1 amide bonds. The Labute approximate surface area is 146 Å². The first-order valence-corrected chi connectivity index (χ1v) is 8.17. The Kier molecular flexibility index (Phi) is 4.41. The van der Waals surface area contributed by atoms with Gasteiger partial charge < -0.3 is 0 Å². The first-order valence-electron chi connectivity index (χ1n) is 6.92. The largest absolute Gasteiger partial charge is 0.296 e. The summed E-state index contributed by atoms with van der Waals surface area (Å²) in [5.41, 5.74) is 1.61. The molecule has 9 heteroatoms. The van der Waals surface area contributed by atoms with Crippen LogP contribution in [0.2, 0.25) is 5.02 Å². The van der Waals surface area contributed by atoms with Crippen LogP contribution in [-0.4, -0.2) is 31.7 Å². The minimum absolute atomic E-state index is 0.158. The van der Waals surface area contributed by atoms with E-state index >= 15 is 0 Å². The van der Waals surface area contributed by atoms with Gasteiger partial charge in [-0.1, -0.05) is 17.7 Å². The van der Waals surface area contributed by atoms with Gasteiger partial charge in [-0.2, -0.15) is 9.90 Å². The predicted octanol–water partition coefficient (Wildman–Crippen LogP) is 3.14. The van der Waals surface area contributed by atoms with E-state index in [-0.39, 0.29) is 11.5 Å². The number of nitrogens with one attached hydrogen (secondary N) is 1. The molecule has 122 valence electrons. The maximum Gasteiger partial charge on any atom is 0.279 e. The molecule has 0 aliphatic rings. The monoisotopic (exact) mass is 361 g/mol. The van der Waals surface area contributed by atoms with E-state index in [4.69, 9.17) is 11.6 Å². The summed E-state index contributed by atoms with van der Waals surface area (Å²) in [7, 11) is 0. The molecule has 24 heavy (non-hydrogen) atoms. The van der Waals surface area contributed by atoms with E-state index in [0.717, 1.165) is 0 Å². The number of anilines is 1. The predicted molar refractivity (Wildman–Crippen MR) is 91.2 cm³/mol. The van der Waals surface area contributed by atoms with Crippen molar-refractivity contribution in [3.05, 3.63) is 51.7 Å². The smallest absolute Gasteiger partial charge is 0.279 e. The lowest BCUT2D eigenvalue weighted by atomic mass is 10.3. The molecule has 2 aromatic heterocycles. The summed E-state index contributed by atoms with van der Waals surface area (Å²) in [5, 5.41) is 13.5. The lowest BCUT2D eigenvalue weighted by Crippen LogP contribution is -2.14. The van der Waals surface area contributed by atoms with Crippen LogP contribution in [0.1, 0.15) is 33.6 Å². The fourth-order valence-electron chi connectivity index (χ4n) is 1.95. The van der Waals surface area contributed by atoms with Gasteiger partial charge in [0.05, 0.1) is 11.4 Å². The maximum atomic E-state index is 12.4. The molecule has 0 aliphatic heterocycles. The summed E-state index contributed by atoms with van der Waals surface area (Å²) in [6, 6.07) is 6.99. The van der Waals surface area contributed by atoms with Gasteiger partial charge in [-0.15, -0.1) is 16.4 Å². The number of aryl methyl sites for hydroxylation is 1. The summed E-state index contributed by atoms with van der Waals surface area (Å²) < 4.78 is 0. The van der Waals surface area contributed by atoms with Gasteiger partial charge in [-0.25, -0.2) is 4.98 Å². The van der Waals surface area contributed by atoms with Gasteiger partial charge in [0.25, 0.3) is 5.91 Å². The summed E-state index contributed by atoms with van der Waals surface area (Å²) >= 11 is 7.13. The van der Waals surface area contributed by atoms with Crippen molar-refractivity contribution in [3.63, 3.8) is 0 Å². The molecule has 3 rings (SSSR count). The third-order valence-electron chi connectivity index (χ3n) is 3.12. The molecule has 0 saturated heterocycles. The molecule has 0 bridgehead atoms. The number of benzene rings is 1. The zero-order valence-electron chi connectivity index (χ0n) is 12.8. The number of hydrogen-bond donors (Lipinski definition) is 1. The molecule has 0 saturated carbocycles. The van der Waals surface area contributed by atoms with Crippen LogP contribution in [0.15, 0.2) is 29.6 Å². The topological polar surface area (TPSA) is 89.8 Å². The van der Waals surface area contributed by atoms with E-state index in [0.29, 0.717) is 27.2 Å². The number of ketones is 1. The van der Waals surface area contributed by atoms with E-state index in [2.05, 4.69) is 20.5 Å². The molecule has 2 heterocycles. The molecule has 1 aromatic carbocycles. The van der Waals surface area contributed by atoms with Crippen molar-refractivity contribution in [2.24, 2.45) is 0 Å². The van der Waals surface area contributed by atoms with Gasteiger partial charge in [-0.05, 0) is 25.1 Å². The van der Waals surface area contributed by atoms with Crippen LogP contribution in [0.5, 0.6) is 0 Å². The number of amides is 1. The minimum atomic E-state index is -0.440. The minimum Gasteiger partial charge on any atom is -0.296 e. The molecule has 0 unspecified atom stereocenters. The average Bonchev–Trinajstić information content (AvgIpc) is 3.14. The second-order valence-electron chi connectivity index (χ2n) is 4.95. The summed E-state index contributed by atoms with van der Waals surface area (Å²) in [4.78, 5) is 29.0. The highest BCUT2D eigenvalue weighted by molar-refractivity contribution is 7.14. The zero-order valence-corrected chi connectivity index (χ0v) is 14.4. The van der Waals surface area contributed by atoms with Gasteiger partial charge in [0, 0.05) is 17.3 Å². The number of halogens is 1. The third-order valence-corrected chi connectivity index (χ3v) is 4.11. The standard InChI is InChI=1S/C15H12ClN5O2S/c1-8-13(14(23)18-15-17-12(7-24-15)9(2)22)20-21(19-8)11-5-3-4-10(16)6-11/h3-7H,1-2H3,(H,17,18,23). The van der Waals surface area contributed by atoms with E-state index in [1.165, 1.54) is 23.1 Å². The number of carbonyl (C=O) groups is 2. The SMILES string of the molecule is CC(=O)c1csc(NC(=O)c2nn(-c3cccc(Cl)c3)nc2C)n1. The molecule has 0 atom stereocenters. The van der Waals surface area contributed by atoms with Crippen molar-refractivity contribution in [2.45, 2.75) is 13.8 Å². The van der Waals surface area contributed by atoms with Crippen molar-refractivity contribution >= 4 is 39.8 Å². The second-order valence-corrected chi connectivity index (χ2v) is 6.25. The van der Waals surface area contributed by atoms with E-state index < -0.39 is 5.91 Å². The van der Waals surface area contributed by atoms with Crippen LogP contribution in [0.25, 0.3) is 5.69 Å². The van der Waals surface area contributed by atoms with Crippen molar-refractivity contribution in [1.82, 2.24) is 20.0 Å². The van der Waals surface area contributed by atoms with Gasteiger partial charge in [0.15, 0.2) is 16.6 Å². The Morgan fingerprint density at radius 1 is 1.29 bits per heavy atom. The van der Waals surface area contributed by atoms with Crippen LogP contribution >= 0.6 is 22.9 Å². The van der Waals surface area contributed by atoms with Crippen LogP contribution in [0.4, 0.5) is 5.13 Å². The lowest BCUT2D eigenvalue weighted by molar-refractivity contribution is 0.100. The molecule has 3 aromatic rings. The summed E-state index contributed by atoms with van der Waals surface area (Å²) in [5.74, 6) is -0.597. The number of Topliss-reactive ketones (excluding diaryl/α,β-unsaturated/α-hetero) is 1. The van der Waals surface area contributed by atoms with Gasteiger partial charge >= 0.3 is 0 Å². The summed E-state index contributed by atoms with van der Waals surface area (Å²) in [6.07, 6.45) is 0. The number of hydrogen-bond acceptors (Lipinski definition) is 6. The van der Waals surface area contributed by atoms with Crippen LogP contribution < -0.4 is 5.32 Å². The highest BCUT2D eigenvalue weighted by Gasteiger charge is 2.18. The summed E-state index contributed by atoms with van der Waals surface area (Å²) in [6.45, 7) is 3.10. The first-order chi connectivity index (χ1) is 11.4. The van der Waals surface area contributed by atoms with Crippen molar-refractivity contribution < 1.29 is 9.59 Å². The van der Waals surface area contributed by atoms with Crippen LogP contribution in [0.3, 0.4) is 0 Å². The normalized spacial score (nSPS) is 10.6. The Hall–Kier alpha value is -2.58. The van der Waals surface area contributed by atoms with Crippen LogP contribution in [0, 0.1) is 6.92 Å². The van der Waals surface area contributed by atoms with Crippen LogP contribution in [-0.2, 0) is 0 Å². The Morgan fingerprint density at radius 2 is 2.08 bits per heavy atom. The fraction of sp³-hybridized carbons (Fsp3) is 0.133. The highest BCUT2D eigenvalue weighted by atomic mass is 35.5. The quantitative estimate of drug-likeness (QED) is 0.721. The first kappa shape index (κ1) is 16.3. The molecule has 0 spiro atoms. The third kappa shape index (κ3) is 3.34. The van der Waals surface area contributed by atoms with E-state index in [1.807, 2.05) is 0 Å². The molecule has 0 aliphatic carbocycles. The number of nitrogens with zero attached hydrogens (tertiary/aromatic N) is 4. The molecular weight excluding hydrogens is 350 g/mol. The molecule has 7 nitrogen and oxygen atoms in total. The molecule has 0 radical (unpaired) electrons. The zero-order chi connectivity index (χ0) is 17.3. The molecule has 1 N–H and O–H groups in total. The Morgan fingerprint density at radius 3 is 2.75 bits per heavy atom. The van der Waals surface area contributed by atoms with Gasteiger partial charge in [-0.3, -0.25) is 14.9 Å². The fourth-order valence-corrected chi connectivity index (χ4v) is 2.88. The van der Waals surface area contributed by atoms with E-state index in [9.17, 15) is 9.59 Å². The lowest BCUT2D eigenvalue weighted by Gasteiger charge is -1.99. The van der Waals surface area contributed by atoms with Crippen molar-refractivity contribution in [1.29, 1.82) is 0 Å². The molecular formula is C15H12ClN5O2S. The van der Waals surface area contributed by atoms with Gasteiger partial charge in [0.1, 0.15) is 5.69 Å². The van der Waals surface area contributed by atoms with Gasteiger partial charge in [0.2, 0.25) is 0 Å². The Balaban J connectivity index is 1.83. The van der Waals surface area contributed by atoms with Crippen molar-refractivity contribution in [3.8, 4) is 5.69 Å². The second kappa shape index (κ2) is 6.50. The number of rotatable bonds is 4. The molecule has 0 fully saturated rings. The van der Waals surface area contributed by atoms with E-state index in [1.54, 1.807) is 36.6 Å². The Bertz CT molecular complexity index is 934. The number of thiazole rings is 1. The number of aromatic nitrogens is 4. The average molecular weight is 362 g/mol. The van der Waals surface area contributed by atoms with Crippen molar-refractivity contribution in [2.75, 3.05) is 5.32 Å². The highest BCUT2D eigenvalue weighted by Crippen LogP contribution is 2.18. The maximum absolute atomic E-state index is 12.4.